The molecule has 0 saturated carbocycles. The number of rotatable bonds is 9. The van der Waals surface area contributed by atoms with Gasteiger partial charge in [-0.05, 0) is 24.8 Å². The van der Waals surface area contributed by atoms with E-state index in [0.717, 1.165) is 22.3 Å². The number of hydrogen-bond donors (Lipinski definition) is 1. The number of thiophene rings is 1. The minimum absolute atomic E-state index is 0.0553. The van der Waals surface area contributed by atoms with Crippen LogP contribution in [0.25, 0.3) is 10.7 Å². The maximum absolute atomic E-state index is 12.0. The molecule has 1 atom stereocenters. The van der Waals surface area contributed by atoms with Crippen LogP contribution in [0.4, 0.5) is 0 Å². The summed E-state index contributed by atoms with van der Waals surface area (Å²) in [4.78, 5) is 13.1. The van der Waals surface area contributed by atoms with Gasteiger partial charge in [0.15, 0.2) is 11.0 Å². The molecule has 7 heteroatoms. The fourth-order valence-corrected chi connectivity index (χ4v) is 3.75. The summed E-state index contributed by atoms with van der Waals surface area (Å²) >= 11 is 3.06. The number of unbranched alkanes of at least 4 members (excludes halogenated alkanes) is 2. The van der Waals surface area contributed by atoms with E-state index in [2.05, 4.69) is 29.4 Å². The molecule has 1 amide bonds. The molecule has 0 radical (unpaired) electrons. The molecule has 2 aromatic heterocycles. The van der Waals surface area contributed by atoms with Gasteiger partial charge in [-0.3, -0.25) is 4.79 Å². The van der Waals surface area contributed by atoms with Crippen molar-refractivity contribution < 1.29 is 4.79 Å². The zero-order valence-corrected chi connectivity index (χ0v) is 15.5. The lowest BCUT2D eigenvalue weighted by molar-refractivity contribution is -0.119. The number of carbonyl (C=O) groups excluding carboxylic acids is 1. The van der Waals surface area contributed by atoms with Crippen LogP contribution in [0.15, 0.2) is 22.7 Å². The number of thioether (sulfide) groups is 1. The second-order valence-electron chi connectivity index (χ2n) is 5.60. The van der Waals surface area contributed by atoms with E-state index in [-0.39, 0.29) is 11.9 Å². The van der Waals surface area contributed by atoms with E-state index in [9.17, 15) is 4.79 Å². The molecule has 23 heavy (non-hydrogen) atoms. The van der Waals surface area contributed by atoms with Crippen LogP contribution >= 0.6 is 23.1 Å². The molecule has 5 nitrogen and oxygen atoms in total. The van der Waals surface area contributed by atoms with Gasteiger partial charge in [0.1, 0.15) is 0 Å². The monoisotopic (exact) mass is 352 g/mol. The highest BCUT2D eigenvalue weighted by Gasteiger charge is 2.14. The first-order valence-corrected chi connectivity index (χ1v) is 9.83. The first-order valence-electron chi connectivity index (χ1n) is 7.97. The third kappa shape index (κ3) is 5.35. The number of nitrogens with one attached hydrogen (secondary N) is 1. The molecular formula is C16H24N4OS2. The van der Waals surface area contributed by atoms with E-state index in [1.54, 1.807) is 11.3 Å². The van der Waals surface area contributed by atoms with Crippen molar-refractivity contribution in [3.63, 3.8) is 0 Å². The predicted octanol–water partition coefficient (Wildman–Crippen LogP) is 3.72. The Labute approximate surface area is 145 Å². The SMILES string of the molecule is CCCCCC(C)NC(=O)CSc1nnc(-c2cccs2)n1C. The van der Waals surface area contributed by atoms with E-state index in [1.807, 2.05) is 29.1 Å². The fourth-order valence-electron chi connectivity index (χ4n) is 2.28. The van der Waals surface area contributed by atoms with Crippen LogP contribution in [-0.4, -0.2) is 32.5 Å². The quantitative estimate of drug-likeness (QED) is 0.552. The summed E-state index contributed by atoms with van der Waals surface area (Å²) in [5.74, 6) is 1.27. The number of aromatic nitrogens is 3. The molecule has 0 aliphatic rings. The summed E-state index contributed by atoms with van der Waals surface area (Å²) < 4.78 is 1.94. The van der Waals surface area contributed by atoms with Crippen molar-refractivity contribution in [1.29, 1.82) is 0 Å². The highest BCUT2D eigenvalue weighted by Crippen LogP contribution is 2.25. The lowest BCUT2D eigenvalue weighted by Crippen LogP contribution is -2.33. The first kappa shape index (κ1) is 18.0. The molecule has 1 N–H and O–H groups in total. The molecule has 1 unspecified atom stereocenters. The molecule has 0 spiro atoms. The van der Waals surface area contributed by atoms with Gasteiger partial charge in [-0.2, -0.15) is 0 Å². The van der Waals surface area contributed by atoms with Gasteiger partial charge in [0, 0.05) is 13.1 Å². The minimum atomic E-state index is 0.0553. The Kier molecular flexibility index (Phi) is 7.11. The van der Waals surface area contributed by atoms with E-state index >= 15 is 0 Å². The Hall–Kier alpha value is -1.34. The van der Waals surface area contributed by atoms with Crippen molar-refractivity contribution in [3.05, 3.63) is 17.5 Å². The van der Waals surface area contributed by atoms with Gasteiger partial charge in [-0.25, -0.2) is 0 Å². The lowest BCUT2D eigenvalue weighted by atomic mass is 10.1. The Morgan fingerprint density at radius 3 is 2.96 bits per heavy atom. The maximum atomic E-state index is 12.0. The topological polar surface area (TPSA) is 59.8 Å². The Morgan fingerprint density at radius 2 is 2.26 bits per heavy atom. The summed E-state index contributed by atoms with van der Waals surface area (Å²) in [6.45, 7) is 4.25. The van der Waals surface area contributed by atoms with Crippen molar-refractivity contribution in [2.75, 3.05) is 5.75 Å². The van der Waals surface area contributed by atoms with E-state index < -0.39 is 0 Å². The number of nitrogens with zero attached hydrogens (tertiary/aromatic N) is 3. The van der Waals surface area contributed by atoms with Gasteiger partial charge in [0.05, 0.1) is 10.6 Å². The van der Waals surface area contributed by atoms with Crippen LogP contribution in [0, 0.1) is 0 Å². The number of amides is 1. The second kappa shape index (κ2) is 9.08. The standard InChI is InChI=1S/C16H24N4OS2/c1-4-5-6-8-12(2)17-14(21)11-23-16-19-18-15(20(16)3)13-9-7-10-22-13/h7,9-10,12H,4-6,8,11H2,1-3H3,(H,17,21). The Bertz CT molecular complexity index is 610. The molecule has 0 bridgehead atoms. The third-order valence-electron chi connectivity index (χ3n) is 3.56. The van der Waals surface area contributed by atoms with Crippen LogP contribution < -0.4 is 5.32 Å². The van der Waals surface area contributed by atoms with E-state index in [1.165, 1.54) is 31.0 Å². The lowest BCUT2D eigenvalue weighted by Gasteiger charge is -2.13. The highest BCUT2D eigenvalue weighted by atomic mass is 32.2. The van der Waals surface area contributed by atoms with Crippen LogP contribution in [0.3, 0.4) is 0 Å². The summed E-state index contributed by atoms with van der Waals surface area (Å²) in [6.07, 6.45) is 4.63. The zero-order chi connectivity index (χ0) is 16.7. The van der Waals surface area contributed by atoms with E-state index in [4.69, 9.17) is 0 Å². The smallest absolute Gasteiger partial charge is 0.230 e. The number of hydrogen-bond acceptors (Lipinski definition) is 5. The number of carbonyl (C=O) groups is 1. The summed E-state index contributed by atoms with van der Waals surface area (Å²) in [7, 11) is 1.93. The van der Waals surface area contributed by atoms with Gasteiger partial charge in [0.2, 0.25) is 5.91 Å². The van der Waals surface area contributed by atoms with Crippen LogP contribution in [-0.2, 0) is 11.8 Å². The first-order chi connectivity index (χ1) is 11.1. The van der Waals surface area contributed by atoms with Crippen LogP contribution in [0.1, 0.15) is 39.5 Å². The van der Waals surface area contributed by atoms with E-state index in [0.29, 0.717) is 5.75 Å². The molecular weight excluding hydrogens is 328 g/mol. The molecule has 2 rings (SSSR count). The van der Waals surface area contributed by atoms with Gasteiger partial charge >= 0.3 is 0 Å². The van der Waals surface area contributed by atoms with Gasteiger partial charge < -0.3 is 9.88 Å². The van der Waals surface area contributed by atoms with Crippen molar-refractivity contribution >= 4 is 29.0 Å². The average Bonchev–Trinajstić information content (AvgIpc) is 3.15. The average molecular weight is 353 g/mol. The molecule has 2 aromatic rings. The van der Waals surface area contributed by atoms with Gasteiger partial charge in [-0.15, -0.1) is 21.5 Å². The Balaban J connectivity index is 1.81. The van der Waals surface area contributed by atoms with Crippen LogP contribution in [0.5, 0.6) is 0 Å². The predicted molar refractivity (Wildman–Crippen MR) is 96.8 cm³/mol. The third-order valence-corrected chi connectivity index (χ3v) is 5.44. The van der Waals surface area contributed by atoms with Crippen molar-refractivity contribution in [1.82, 2.24) is 20.1 Å². The second-order valence-corrected chi connectivity index (χ2v) is 7.49. The largest absolute Gasteiger partial charge is 0.353 e. The van der Waals surface area contributed by atoms with Crippen LogP contribution in [0.2, 0.25) is 0 Å². The molecule has 0 aliphatic heterocycles. The molecule has 0 saturated heterocycles. The minimum Gasteiger partial charge on any atom is -0.353 e. The maximum Gasteiger partial charge on any atom is 0.230 e. The zero-order valence-electron chi connectivity index (χ0n) is 13.9. The molecule has 126 valence electrons. The van der Waals surface area contributed by atoms with Crippen molar-refractivity contribution in [2.24, 2.45) is 7.05 Å². The van der Waals surface area contributed by atoms with Crippen molar-refractivity contribution in [3.8, 4) is 10.7 Å². The van der Waals surface area contributed by atoms with Gasteiger partial charge in [-0.1, -0.05) is 44.0 Å². The van der Waals surface area contributed by atoms with Gasteiger partial charge in [0.25, 0.3) is 0 Å². The molecule has 2 heterocycles. The Morgan fingerprint density at radius 1 is 1.43 bits per heavy atom. The summed E-state index contributed by atoms with van der Waals surface area (Å²) in [5.41, 5.74) is 0. The normalized spacial score (nSPS) is 12.3. The fraction of sp³-hybridized carbons (Fsp3) is 0.562. The molecule has 0 aromatic carbocycles. The molecule has 0 fully saturated rings. The van der Waals surface area contributed by atoms with Crippen molar-refractivity contribution in [2.45, 2.75) is 50.7 Å². The molecule has 0 aliphatic carbocycles. The summed E-state index contributed by atoms with van der Waals surface area (Å²) in [6, 6.07) is 4.25. The highest BCUT2D eigenvalue weighted by molar-refractivity contribution is 7.99. The summed E-state index contributed by atoms with van der Waals surface area (Å²) in [5, 5.41) is 14.2.